The Hall–Kier alpha value is -3.72. The first-order valence-corrected chi connectivity index (χ1v) is 8.57. The molecule has 1 heterocycles. The Balaban J connectivity index is 2.09. The molecular formula is C22H20N2O4. The van der Waals surface area contributed by atoms with Crippen molar-refractivity contribution in [3.63, 3.8) is 0 Å². The van der Waals surface area contributed by atoms with E-state index in [4.69, 9.17) is 14.2 Å². The molecule has 0 unspecified atom stereocenters. The molecule has 0 spiro atoms. The number of carbonyl (C=O) groups is 1. The maximum atomic E-state index is 13.0. The van der Waals surface area contributed by atoms with Crippen LogP contribution in [-0.2, 0) is 0 Å². The fraction of sp³-hybridized carbons (Fsp3) is 0.182. The SMILES string of the molecule is COc1cc(C=C(C#N)C(=O)c2c[nH]c3cccc(C)c23)cc(OC)c1OC. The summed E-state index contributed by atoms with van der Waals surface area (Å²) in [5.41, 5.74) is 2.89. The molecule has 0 saturated carbocycles. The molecule has 142 valence electrons. The van der Waals surface area contributed by atoms with Crippen LogP contribution in [0, 0.1) is 18.3 Å². The minimum Gasteiger partial charge on any atom is -0.493 e. The lowest BCUT2D eigenvalue weighted by atomic mass is 9.99. The number of H-pyrrole nitrogens is 1. The van der Waals surface area contributed by atoms with Gasteiger partial charge in [-0.25, -0.2) is 0 Å². The van der Waals surface area contributed by atoms with Crippen molar-refractivity contribution >= 4 is 22.8 Å². The number of benzene rings is 2. The van der Waals surface area contributed by atoms with E-state index in [0.29, 0.717) is 28.4 Å². The summed E-state index contributed by atoms with van der Waals surface area (Å²) in [5, 5.41) is 10.4. The van der Waals surface area contributed by atoms with E-state index in [1.165, 1.54) is 27.4 Å². The summed E-state index contributed by atoms with van der Waals surface area (Å²) in [4.78, 5) is 16.1. The zero-order valence-corrected chi connectivity index (χ0v) is 16.1. The van der Waals surface area contributed by atoms with Crippen molar-refractivity contribution in [1.82, 2.24) is 4.98 Å². The van der Waals surface area contributed by atoms with Crippen molar-refractivity contribution in [1.29, 1.82) is 5.26 Å². The standard InChI is InChI=1S/C22H20N2O4/c1-13-6-5-7-17-20(13)16(12-24-17)21(25)15(11-23)8-14-9-18(26-2)22(28-4)19(10-14)27-3/h5-10,12,24H,1-4H3. The number of fused-ring (bicyclic) bond motifs is 1. The Morgan fingerprint density at radius 1 is 1.11 bits per heavy atom. The van der Waals surface area contributed by atoms with E-state index in [9.17, 15) is 10.1 Å². The highest BCUT2D eigenvalue weighted by atomic mass is 16.5. The normalized spacial score (nSPS) is 11.2. The summed E-state index contributed by atoms with van der Waals surface area (Å²) in [6, 6.07) is 11.1. The molecule has 2 aromatic carbocycles. The molecule has 28 heavy (non-hydrogen) atoms. The molecule has 6 nitrogen and oxygen atoms in total. The second-order valence-electron chi connectivity index (χ2n) is 6.16. The van der Waals surface area contributed by atoms with E-state index < -0.39 is 0 Å². The van der Waals surface area contributed by atoms with Crippen molar-refractivity contribution in [2.24, 2.45) is 0 Å². The molecule has 3 rings (SSSR count). The third kappa shape index (κ3) is 3.30. The Labute approximate surface area is 163 Å². The number of rotatable bonds is 6. The van der Waals surface area contributed by atoms with Gasteiger partial charge in [-0.05, 0) is 42.3 Å². The van der Waals surface area contributed by atoms with Crippen LogP contribution in [0.3, 0.4) is 0 Å². The molecule has 3 aromatic rings. The molecule has 1 aromatic heterocycles. The minimum absolute atomic E-state index is 0.0124. The van der Waals surface area contributed by atoms with Crippen LogP contribution in [0.1, 0.15) is 21.5 Å². The highest BCUT2D eigenvalue weighted by Crippen LogP contribution is 2.39. The predicted molar refractivity (Wildman–Crippen MR) is 107 cm³/mol. The molecule has 0 aliphatic rings. The summed E-state index contributed by atoms with van der Waals surface area (Å²) in [6.07, 6.45) is 3.16. The van der Waals surface area contributed by atoms with E-state index in [0.717, 1.165) is 16.5 Å². The third-order valence-electron chi connectivity index (χ3n) is 4.52. The number of aryl methyl sites for hydroxylation is 1. The topological polar surface area (TPSA) is 84.3 Å². The number of Topliss-reactive ketones (excluding diaryl/α,β-unsaturated/α-hetero) is 1. The largest absolute Gasteiger partial charge is 0.493 e. The van der Waals surface area contributed by atoms with Gasteiger partial charge in [-0.3, -0.25) is 4.79 Å². The molecule has 0 fully saturated rings. The van der Waals surface area contributed by atoms with E-state index in [2.05, 4.69) is 4.98 Å². The molecule has 0 amide bonds. The summed E-state index contributed by atoms with van der Waals surface area (Å²) in [5.74, 6) is 0.984. The van der Waals surface area contributed by atoms with Crippen LogP contribution in [0.2, 0.25) is 0 Å². The average molecular weight is 376 g/mol. The van der Waals surface area contributed by atoms with Crippen LogP contribution >= 0.6 is 0 Å². The number of ether oxygens (including phenoxy) is 3. The van der Waals surface area contributed by atoms with Gasteiger partial charge in [0, 0.05) is 22.7 Å². The maximum Gasteiger partial charge on any atom is 0.205 e. The number of carbonyl (C=O) groups excluding carboxylic acids is 1. The number of aromatic nitrogens is 1. The number of nitrogens with zero attached hydrogens (tertiary/aromatic N) is 1. The predicted octanol–water partition coefficient (Wildman–Crippen LogP) is 4.29. The average Bonchev–Trinajstić information content (AvgIpc) is 3.16. The molecule has 1 N–H and O–H groups in total. The van der Waals surface area contributed by atoms with Crippen molar-refractivity contribution in [2.45, 2.75) is 6.92 Å². The maximum absolute atomic E-state index is 13.0. The molecule has 0 aliphatic carbocycles. The lowest BCUT2D eigenvalue weighted by Crippen LogP contribution is -2.02. The number of methoxy groups -OCH3 is 3. The Bertz CT molecular complexity index is 1090. The molecule has 6 heteroatoms. The summed E-state index contributed by atoms with van der Waals surface area (Å²) in [6.45, 7) is 1.93. The smallest absolute Gasteiger partial charge is 0.205 e. The summed E-state index contributed by atoms with van der Waals surface area (Å²) in [7, 11) is 4.53. The van der Waals surface area contributed by atoms with Crippen molar-refractivity contribution in [2.75, 3.05) is 21.3 Å². The zero-order chi connectivity index (χ0) is 20.3. The second kappa shape index (κ2) is 7.89. The number of hydrogen-bond acceptors (Lipinski definition) is 5. The lowest BCUT2D eigenvalue weighted by Gasteiger charge is -2.13. The molecule has 0 bridgehead atoms. The van der Waals surface area contributed by atoms with Crippen LogP contribution < -0.4 is 14.2 Å². The van der Waals surface area contributed by atoms with Gasteiger partial charge in [0.05, 0.1) is 21.3 Å². The van der Waals surface area contributed by atoms with Gasteiger partial charge in [-0.15, -0.1) is 0 Å². The van der Waals surface area contributed by atoms with Crippen molar-refractivity contribution < 1.29 is 19.0 Å². The molecule has 0 aliphatic heterocycles. The number of allylic oxidation sites excluding steroid dienone is 1. The molecule has 0 atom stereocenters. The van der Waals surface area contributed by atoms with Gasteiger partial charge in [0.25, 0.3) is 0 Å². The summed E-state index contributed by atoms with van der Waals surface area (Å²) < 4.78 is 16.0. The monoisotopic (exact) mass is 376 g/mol. The highest BCUT2D eigenvalue weighted by Gasteiger charge is 2.19. The first kappa shape index (κ1) is 19.1. The second-order valence-corrected chi connectivity index (χ2v) is 6.16. The zero-order valence-electron chi connectivity index (χ0n) is 16.1. The van der Waals surface area contributed by atoms with E-state index in [-0.39, 0.29) is 11.4 Å². The van der Waals surface area contributed by atoms with Crippen molar-refractivity contribution in [3.8, 4) is 23.3 Å². The number of nitrogens with one attached hydrogen (secondary N) is 1. The first-order chi connectivity index (χ1) is 13.5. The fourth-order valence-electron chi connectivity index (χ4n) is 3.19. The minimum atomic E-state index is -0.350. The first-order valence-electron chi connectivity index (χ1n) is 8.57. The van der Waals surface area contributed by atoms with Gasteiger partial charge in [0.15, 0.2) is 11.5 Å². The van der Waals surface area contributed by atoms with E-state index in [1.54, 1.807) is 18.3 Å². The van der Waals surface area contributed by atoms with Gasteiger partial charge in [-0.1, -0.05) is 12.1 Å². The number of ketones is 1. The molecular weight excluding hydrogens is 356 g/mol. The molecule has 0 saturated heterocycles. The Morgan fingerprint density at radius 2 is 1.79 bits per heavy atom. The third-order valence-corrected chi connectivity index (χ3v) is 4.52. The number of nitriles is 1. The van der Waals surface area contributed by atoms with Crippen molar-refractivity contribution in [3.05, 3.63) is 58.8 Å². The van der Waals surface area contributed by atoms with Gasteiger partial charge in [0.2, 0.25) is 11.5 Å². The van der Waals surface area contributed by atoms with Gasteiger partial charge >= 0.3 is 0 Å². The molecule has 0 radical (unpaired) electrons. The van der Waals surface area contributed by atoms with Crippen LogP contribution in [0.15, 0.2) is 42.1 Å². The van der Waals surface area contributed by atoms with Gasteiger partial charge in [-0.2, -0.15) is 5.26 Å². The van der Waals surface area contributed by atoms with Crippen LogP contribution in [0.25, 0.3) is 17.0 Å². The number of hydrogen-bond donors (Lipinski definition) is 1. The Morgan fingerprint density at radius 3 is 2.36 bits per heavy atom. The van der Waals surface area contributed by atoms with Crippen LogP contribution in [-0.4, -0.2) is 32.1 Å². The van der Waals surface area contributed by atoms with Gasteiger partial charge < -0.3 is 19.2 Å². The highest BCUT2D eigenvalue weighted by molar-refractivity contribution is 6.20. The Kier molecular flexibility index (Phi) is 5.37. The van der Waals surface area contributed by atoms with Crippen LogP contribution in [0.4, 0.5) is 0 Å². The van der Waals surface area contributed by atoms with Gasteiger partial charge in [0.1, 0.15) is 11.6 Å². The quantitative estimate of drug-likeness (QED) is 0.394. The number of aromatic amines is 1. The van der Waals surface area contributed by atoms with E-state index in [1.807, 2.05) is 31.2 Å². The lowest BCUT2D eigenvalue weighted by molar-refractivity contribution is 0.104. The fourth-order valence-corrected chi connectivity index (χ4v) is 3.19. The van der Waals surface area contributed by atoms with E-state index >= 15 is 0 Å². The summed E-state index contributed by atoms with van der Waals surface area (Å²) >= 11 is 0. The van der Waals surface area contributed by atoms with Crippen LogP contribution in [0.5, 0.6) is 17.2 Å².